The molecule has 1 heterocycles. The molecule has 20 heavy (non-hydrogen) atoms. The minimum absolute atomic E-state index is 0.721. The van der Waals surface area contributed by atoms with Gasteiger partial charge in [-0.3, -0.25) is 4.99 Å². The molecule has 0 spiro atoms. The molecule has 0 aliphatic heterocycles. The van der Waals surface area contributed by atoms with Crippen molar-refractivity contribution in [1.29, 1.82) is 0 Å². The lowest BCUT2D eigenvalue weighted by atomic mass is 10.2. The molecule has 0 N–H and O–H groups in total. The third-order valence-corrected chi connectivity index (χ3v) is 3.71. The van der Waals surface area contributed by atoms with Crippen LogP contribution in [0.4, 0.5) is 5.69 Å². The molecular weight excluding hydrogens is 266 g/mol. The highest BCUT2D eigenvalue weighted by Gasteiger charge is 2.07. The van der Waals surface area contributed by atoms with E-state index in [1.165, 1.54) is 0 Å². The number of nitrogens with zero attached hydrogens (tertiary/aromatic N) is 3. The van der Waals surface area contributed by atoms with Gasteiger partial charge in [-0.2, -0.15) is 0 Å². The zero-order valence-corrected chi connectivity index (χ0v) is 13.7. The van der Waals surface area contributed by atoms with Gasteiger partial charge in [-0.05, 0) is 38.6 Å². The molecule has 5 heteroatoms. The van der Waals surface area contributed by atoms with Gasteiger partial charge in [0.05, 0.1) is 6.54 Å². The molecule has 0 bridgehead atoms. The van der Waals surface area contributed by atoms with Gasteiger partial charge in [0.1, 0.15) is 17.3 Å². The Morgan fingerprint density at radius 2 is 2.15 bits per heavy atom. The van der Waals surface area contributed by atoms with Crippen LogP contribution in [-0.4, -0.2) is 24.8 Å². The number of rotatable bonds is 5. The maximum absolute atomic E-state index is 5.94. The van der Waals surface area contributed by atoms with Crippen LogP contribution in [0.5, 0.6) is 5.75 Å². The summed E-state index contributed by atoms with van der Waals surface area (Å²) >= 11 is 0. The average Bonchev–Trinajstić information content (AvgIpc) is 2.78. The number of hydrogen-bond donors (Lipinski definition) is 0. The number of benzene rings is 1. The van der Waals surface area contributed by atoms with Gasteiger partial charge in [0.15, 0.2) is 0 Å². The first kappa shape index (κ1) is 14.5. The van der Waals surface area contributed by atoms with Crippen LogP contribution in [-0.2, 0) is 6.54 Å². The van der Waals surface area contributed by atoms with E-state index in [1.807, 2.05) is 31.5 Å². The van der Waals surface area contributed by atoms with E-state index in [0.29, 0.717) is 0 Å². The minimum Gasteiger partial charge on any atom is -0.546 e. The van der Waals surface area contributed by atoms with Crippen LogP contribution >= 0.6 is 0 Å². The van der Waals surface area contributed by atoms with E-state index in [2.05, 4.69) is 40.6 Å². The van der Waals surface area contributed by atoms with Gasteiger partial charge >= 0.3 is 0 Å². The van der Waals surface area contributed by atoms with E-state index in [9.17, 15) is 0 Å². The molecule has 2 aromatic rings. The third-order valence-electron chi connectivity index (χ3n) is 2.99. The first-order chi connectivity index (χ1) is 9.58. The summed E-state index contributed by atoms with van der Waals surface area (Å²) in [5.41, 5.74) is 2.07. The third kappa shape index (κ3) is 3.57. The predicted molar refractivity (Wildman–Crippen MR) is 85.8 cm³/mol. The van der Waals surface area contributed by atoms with E-state index in [-0.39, 0.29) is 0 Å². The monoisotopic (exact) mass is 287 g/mol. The Kier molecular flexibility index (Phi) is 4.73. The second kappa shape index (κ2) is 6.52. The maximum Gasteiger partial charge on any atom is 0.229 e. The van der Waals surface area contributed by atoms with Gasteiger partial charge in [-0.25, -0.2) is 4.98 Å². The molecule has 4 nitrogen and oxygen atoms in total. The van der Waals surface area contributed by atoms with Crippen molar-refractivity contribution in [1.82, 2.24) is 9.55 Å². The molecule has 0 unspecified atom stereocenters. The summed E-state index contributed by atoms with van der Waals surface area (Å²) in [5.74, 6) is 1.89. The van der Waals surface area contributed by atoms with E-state index in [4.69, 9.17) is 4.43 Å². The number of aliphatic imine (C=N–C) groups is 1. The molecule has 2 rings (SSSR count). The standard InChI is InChI=1S/C15H21N3OSi/c1-12-6-5-7-14(19-20(3)4)15(12)17-9-11-18-10-8-16-13(18)2/h5-10,20H,11H2,1-4H3. The van der Waals surface area contributed by atoms with Crippen molar-refractivity contribution < 1.29 is 4.43 Å². The molecule has 0 radical (unpaired) electrons. The lowest BCUT2D eigenvalue weighted by molar-refractivity contribution is 0.581. The van der Waals surface area contributed by atoms with Crippen LogP contribution in [0.15, 0.2) is 35.6 Å². The quantitative estimate of drug-likeness (QED) is 0.625. The summed E-state index contributed by atoms with van der Waals surface area (Å²) in [7, 11) is -1.13. The second-order valence-corrected chi connectivity index (χ2v) is 7.36. The Hall–Kier alpha value is -1.88. The van der Waals surface area contributed by atoms with Crippen molar-refractivity contribution in [3.63, 3.8) is 0 Å². The zero-order chi connectivity index (χ0) is 14.5. The first-order valence-electron chi connectivity index (χ1n) is 6.84. The number of imidazole rings is 1. The van der Waals surface area contributed by atoms with Gasteiger partial charge in [-0.15, -0.1) is 0 Å². The van der Waals surface area contributed by atoms with E-state index in [1.54, 1.807) is 6.20 Å². The van der Waals surface area contributed by atoms with Crippen molar-refractivity contribution in [2.24, 2.45) is 4.99 Å². The minimum atomic E-state index is -1.13. The van der Waals surface area contributed by atoms with Gasteiger partial charge in [0, 0.05) is 18.6 Å². The lowest BCUT2D eigenvalue weighted by Gasteiger charge is -2.13. The lowest BCUT2D eigenvalue weighted by Crippen LogP contribution is -2.11. The Morgan fingerprint density at radius 1 is 1.35 bits per heavy atom. The fourth-order valence-corrected chi connectivity index (χ4v) is 2.66. The second-order valence-electron chi connectivity index (χ2n) is 5.03. The number of aromatic nitrogens is 2. The van der Waals surface area contributed by atoms with Crippen molar-refractivity contribution in [3.8, 4) is 5.75 Å². The summed E-state index contributed by atoms with van der Waals surface area (Å²) in [4.78, 5) is 8.80. The van der Waals surface area contributed by atoms with Crippen LogP contribution in [0.2, 0.25) is 13.1 Å². The molecule has 0 fully saturated rings. The fourth-order valence-electron chi connectivity index (χ4n) is 1.96. The number of aryl methyl sites for hydroxylation is 2. The summed E-state index contributed by atoms with van der Waals surface area (Å²) < 4.78 is 8.00. The smallest absolute Gasteiger partial charge is 0.229 e. The van der Waals surface area contributed by atoms with Crippen molar-refractivity contribution in [3.05, 3.63) is 42.0 Å². The van der Waals surface area contributed by atoms with Gasteiger partial charge in [0.2, 0.25) is 9.04 Å². The largest absolute Gasteiger partial charge is 0.546 e. The number of para-hydroxylation sites is 1. The molecule has 1 aromatic heterocycles. The Balaban J connectivity index is 2.17. The summed E-state index contributed by atoms with van der Waals surface area (Å²) in [5, 5.41) is 0. The van der Waals surface area contributed by atoms with Crippen LogP contribution in [0.1, 0.15) is 11.4 Å². The van der Waals surface area contributed by atoms with E-state index in [0.717, 1.165) is 29.4 Å². The predicted octanol–water partition coefficient (Wildman–Crippen LogP) is 3.26. The molecule has 1 aromatic carbocycles. The molecular formula is C15H21N3OSi. The van der Waals surface area contributed by atoms with Crippen molar-refractivity contribution in [2.75, 3.05) is 0 Å². The highest BCUT2D eigenvalue weighted by atomic mass is 28.3. The molecule has 0 saturated heterocycles. The summed E-state index contributed by atoms with van der Waals surface area (Å²) in [6, 6.07) is 6.07. The highest BCUT2D eigenvalue weighted by molar-refractivity contribution is 6.49. The summed E-state index contributed by atoms with van der Waals surface area (Å²) in [6.45, 7) is 9.08. The Labute approximate surface area is 121 Å². The SMILES string of the molecule is Cc1cccc(O[SiH](C)C)c1N=CCn1ccnc1C. The summed E-state index contributed by atoms with van der Waals surface area (Å²) in [6.07, 6.45) is 5.67. The maximum atomic E-state index is 5.94. The van der Waals surface area contributed by atoms with Crippen LogP contribution in [0, 0.1) is 13.8 Å². The molecule has 0 saturated carbocycles. The zero-order valence-electron chi connectivity index (χ0n) is 12.5. The van der Waals surface area contributed by atoms with Crippen LogP contribution in [0.3, 0.4) is 0 Å². The van der Waals surface area contributed by atoms with E-state index >= 15 is 0 Å². The van der Waals surface area contributed by atoms with E-state index < -0.39 is 9.04 Å². The Morgan fingerprint density at radius 3 is 2.80 bits per heavy atom. The fraction of sp³-hybridized carbons (Fsp3) is 0.333. The molecule has 0 atom stereocenters. The normalized spacial score (nSPS) is 11.4. The molecule has 0 aliphatic rings. The first-order valence-corrected chi connectivity index (χ1v) is 9.62. The topological polar surface area (TPSA) is 39.4 Å². The van der Waals surface area contributed by atoms with Crippen molar-refractivity contribution >= 4 is 20.9 Å². The molecule has 106 valence electrons. The van der Waals surface area contributed by atoms with Gasteiger partial charge in [-0.1, -0.05) is 12.1 Å². The molecule has 0 amide bonds. The molecule has 0 aliphatic carbocycles. The Bertz CT molecular complexity index is 605. The van der Waals surface area contributed by atoms with Crippen LogP contribution in [0.25, 0.3) is 0 Å². The van der Waals surface area contributed by atoms with Gasteiger partial charge < -0.3 is 8.99 Å². The average molecular weight is 287 g/mol. The van der Waals surface area contributed by atoms with Gasteiger partial charge in [0.25, 0.3) is 0 Å². The van der Waals surface area contributed by atoms with Crippen LogP contribution < -0.4 is 4.43 Å². The highest BCUT2D eigenvalue weighted by Crippen LogP contribution is 2.31. The number of hydrogen-bond acceptors (Lipinski definition) is 3. The van der Waals surface area contributed by atoms with Crippen molar-refractivity contribution in [2.45, 2.75) is 33.5 Å².